The van der Waals surface area contributed by atoms with Crippen LogP contribution in [0.4, 0.5) is 0 Å². The van der Waals surface area contributed by atoms with Crippen LogP contribution in [0, 0.1) is 20.8 Å². The van der Waals surface area contributed by atoms with Crippen molar-refractivity contribution in [3.05, 3.63) is 44.0 Å². The van der Waals surface area contributed by atoms with Crippen LogP contribution >= 0.6 is 22.9 Å². The fraction of sp³-hybridized carbons (Fsp3) is 0.467. The number of thiophene rings is 1. The van der Waals surface area contributed by atoms with Crippen LogP contribution in [0.2, 0.25) is 4.34 Å². The number of halogens is 1. The van der Waals surface area contributed by atoms with E-state index in [0.717, 1.165) is 34.4 Å². The largest absolute Gasteiger partial charge is 0.466 e. The van der Waals surface area contributed by atoms with Gasteiger partial charge in [0.1, 0.15) is 11.5 Å². The molecule has 0 aliphatic rings. The lowest BCUT2D eigenvalue weighted by atomic mass is 10.1. The molecule has 2 aromatic heterocycles. The Kier molecular flexibility index (Phi) is 4.71. The Morgan fingerprint density at radius 2 is 2.05 bits per heavy atom. The smallest absolute Gasteiger partial charge is 0.106 e. The molecule has 0 spiro atoms. The molecule has 4 heteroatoms. The van der Waals surface area contributed by atoms with Crippen LogP contribution < -0.4 is 5.32 Å². The lowest BCUT2D eigenvalue weighted by Crippen LogP contribution is -2.22. The van der Waals surface area contributed by atoms with E-state index < -0.39 is 0 Å². The summed E-state index contributed by atoms with van der Waals surface area (Å²) in [7, 11) is 0. The van der Waals surface area contributed by atoms with Gasteiger partial charge in [-0.15, -0.1) is 11.3 Å². The average molecular weight is 298 g/mol. The molecule has 19 heavy (non-hydrogen) atoms. The fourth-order valence-electron chi connectivity index (χ4n) is 2.22. The minimum absolute atomic E-state index is 0.175. The number of hydrogen-bond acceptors (Lipinski definition) is 3. The second-order valence-corrected chi connectivity index (χ2v) is 6.55. The van der Waals surface area contributed by atoms with E-state index in [0.29, 0.717) is 0 Å². The highest BCUT2D eigenvalue weighted by Gasteiger charge is 2.21. The highest BCUT2D eigenvalue weighted by Crippen LogP contribution is 2.36. The molecule has 0 aliphatic carbocycles. The molecule has 0 aliphatic heterocycles. The third-order valence-electron chi connectivity index (χ3n) is 3.15. The van der Waals surface area contributed by atoms with E-state index >= 15 is 0 Å². The van der Waals surface area contributed by atoms with E-state index in [1.165, 1.54) is 10.4 Å². The molecule has 2 aromatic rings. The van der Waals surface area contributed by atoms with Gasteiger partial charge in [-0.25, -0.2) is 0 Å². The Labute approximate surface area is 123 Å². The monoisotopic (exact) mass is 297 g/mol. The summed E-state index contributed by atoms with van der Waals surface area (Å²) in [6.07, 6.45) is 1.10. The van der Waals surface area contributed by atoms with Gasteiger partial charge in [0, 0.05) is 10.4 Å². The van der Waals surface area contributed by atoms with Crippen molar-refractivity contribution in [3.63, 3.8) is 0 Å². The Balaban J connectivity index is 2.38. The van der Waals surface area contributed by atoms with Gasteiger partial charge in [0.05, 0.1) is 10.4 Å². The van der Waals surface area contributed by atoms with Crippen LogP contribution in [0.1, 0.15) is 46.9 Å². The zero-order chi connectivity index (χ0) is 14.0. The summed E-state index contributed by atoms with van der Waals surface area (Å²) in [6.45, 7) is 9.20. The van der Waals surface area contributed by atoms with Crippen molar-refractivity contribution in [3.8, 4) is 0 Å². The predicted octanol–water partition coefficient (Wildman–Crippen LogP) is 5.01. The third kappa shape index (κ3) is 3.22. The summed E-state index contributed by atoms with van der Waals surface area (Å²) >= 11 is 7.85. The van der Waals surface area contributed by atoms with Gasteiger partial charge in [-0.05, 0) is 51.4 Å². The Morgan fingerprint density at radius 3 is 2.53 bits per heavy atom. The molecular weight excluding hydrogens is 278 g/mol. The number of nitrogens with one attached hydrogen (secondary N) is 1. The molecule has 1 atom stereocenters. The first kappa shape index (κ1) is 14.6. The molecule has 0 saturated heterocycles. The van der Waals surface area contributed by atoms with E-state index in [1.54, 1.807) is 11.3 Å². The standard InChI is InChI=1S/C15H20ClNOS/c1-5-6-17-14(12-8-10(3)18-11(12)4)13-7-9(2)15(16)19-13/h7-8,14,17H,5-6H2,1-4H3. The van der Waals surface area contributed by atoms with Crippen molar-refractivity contribution in [2.75, 3.05) is 6.54 Å². The summed E-state index contributed by atoms with van der Waals surface area (Å²) in [5, 5.41) is 3.59. The van der Waals surface area contributed by atoms with Crippen LogP contribution in [-0.2, 0) is 0 Å². The first-order valence-corrected chi connectivity index (χ1v) is 7.78. The normalized spacial score (nSPS) is 12.9. The van der Waals surface area contributed by atoms with E-state index in [-0.39, 0.29) is 6.04 Å². The van der Waals surface area contributed by atoms with E-state index in [4.69, 9.17) is 16.0 Å². The summed E-state index contributed by atoms with van der Waals surface area (Å²) in [5.41, 5.74) is 2.35. The van der Waals surface area contributed by atoms with E-state index in [1.807, 2.05) is 20.8 Å². The van der Waals surface area contributed by atoms with Gasteiger partial charge in [0.25, 0.3) is 0 Å². The maximum atomic E-state index is 6.21. The van der Waals surface area contributed by atoms with Crippen LogP contribution in [-0.4, -0.2) is 6.54 Å². The fourth-order valence-corrected chi connectivity index (χ4v) is 3.53. The van der Waals surface area contributed by atoms with E-state index in [2.05, 4.69) is 24.4 Å². The molecule has 0 fully saturated rings. The van der Waals surface area contributed by atoms with Crippen LogP contribution in [0.3, 0.4) is 0 Å². The van der Waals surface area contributed by atoms with Crippen LogP contribution in [0.5, 0.6) is 0 Å². The second kappa shape index (κ2) is 6.12. The Bertz CT molecular complexity index is 539. The van der Waals surface area contributed by atoms with Crippen molar-refractivity contribution < 1.29 is 4.42 Å². The quantitative estimate of drug-likeness (QED) is 0.839. The molecule has 0 bridgehead atoms. The minimum atomic E-state index is 0.175. The molecule has 0 radical (unpaired) electrons. The molecule has 1 N–H and O–H groups in total. The van der Waals surface area contributed by atoms with Crippen molar-refractivity contribution >= 4 is 22.9 Å². The molecular formula is C15H20ClNOS. The summed E-state index contributed by atoms with van der Waals surface area (Å²) in [6, 6.07) is 4.46. The summed E-state index contributed by atoms with van der Waals surface area (Å²) in [4.78, 5) is 1.25. The SMILES string of the molecule is CCCNC(c1cc(C)c(Cl)s1)c1cc(C)oc1C. The maximum Gasteiger partial charge on any atom is 0.106 e. The van der Waals surface area contributed by atoms with Crippen molar-refractivity contribution in [2.24, 2.45) is 0 Å². The molecule has 2 nitrogen and oxygen atoms in total. The Hall–Kier alpha value is -0.770. The second-order valence-electron chi connectivity index (χ2n) is 4.86. The summed E-state index contributed by atoms with van der Waals surface area (Å²) < 4.78 is 6.54. The van der Waals surface area contributed by atoms with Crippen LogP contribution in [0.25, 0.3) is 0 Å². The predicted molar refractivity (Wildman–Crippen MR) is 82.4 cm³/mol. The first-order chi connectivity index (χ1) is 9.02. The highest BCUT2D eigenvalue weighted by molar-refractivity contribution is 7.16. The highest BCUT2D eigenvalue weighted by atomic mass is 35.5. The molecule has 1 unspecified atom stereocenters. The number of hydrogen-bond donors (Lipinski definition) is 1. The number of aryl methyl sites for hydroxylation is 3. The lowest BCUT2D eigenvalue weighted by Gasteiger charge is -2.16. The third-order valence-corrected chi connectivity index (χ3v) is 4.77. The van der Waals surface area contributed by atoms with Gasteiger partial charge in [-0.2, -0.15) is 0 Å². The van der Waals surface area contributed by atoms with Gasteiger partial charge >= 0.3 is 0 Å². The first-order valence-electron chi connectivity index (χ1n) is 6.59. The zero-order valence-electron chi connectivity index (χ0n) is 11.8. The number of furan rings is 1. The van der Waals surface area contributed by atoms with Gasteiger partial charge in [-0.1, -0.05) is 18.5 Å². The maximum absolute atomic E-state index is 6.21. The van der Waals surface area contributed by atoms with Crippen molar-refractivity contribution in [2.45, 2.75) is 40.2 Å². The minimum Gasteiger partial charge on any atom is -0.466 e. The molecule has 2 heterocycles. The molecule has 0 aromatic carbocycles. The van der Waals surface area contributed by atoms with Gasteiger partial charge in [0.2, 0.25) is 0 Å². The van der Waals surface area contributed by atoms with Gasteiger partial charge < -0.3 is 9.73 Å². The molecule has 104 valence electrons. The van der Waals surface area contributed by atoms with Crippen molar-refractivity contribution in [1.29, 1.82) is 0 Å². The average Bonchev–Trinajstić information content (AvgIpc) is 2.84. The molecule has 0 saturated carbocycles. The summed E-state index contributed by atoms with van der Waals surface area (Å²) in [5.74, 6) is 1.93. The van der Waals surface area contributed by atoms with Gasteiger partial charge in [0.15, 0.2) is 0 Å². The zero-order valence-corrected chi connectivity index (χ0v) is 13.4. The molecule has 0 amide bonds. The van der Waals surface area contributed by atoms with Crippen molar-refractivity contribution in [1.82, 2.24) is 5.32 Å². The van der Waals surface area contributed by atoms with Crippen LogP contribution in [0.15, 0.2) is 16.5 Å². The van der Waals surface area contributed by atoms with E-state index in [9.17, 15) is 0 Å². The van der Waals surface area contributed by atoms with Gasteiger partial charge in [-0.3, -0.25) is 0 Å². The topological polar surface area (TPSA) is 25.2 Å². The Morgan fingerprint density at radius 1 is 1.32 bits per heavy atom. The lowest BCUT2D eigenvalue weighted by molar-refractivity contribution is 0.494. The molecule has 2 rings (SSSR count). The number of rotatable bonds is 5.